The number of aromatic hydroxyl groups is 1. The molecule has 0 aromatic heterocycles. The molecule has 1 aromatic carbocycles. The van der Waals surface area contributed by atoms with E-state index in [1.807, 2.05) is 11.9 Å². The van der Waals surface area contributed by atoms with E-state index in [4.69, 9.17) is 5.73 Å². The molecule has 4 heteroatoms. The summed E-state index contributed by atoms with van der Waals surface area (Å²) in [6.45, 7) is 0. The van der Waals surface area contributed by atoms with Crippen LogP contribution in [0.4, 0.5) is 0 Å². The Kier molecular flexibility index (Phi) is 4.43. The van der Waals surface area contributed by atoms with Crippen molar-refractivity contribution in [3.8, 4) is 5.75 Å². The van der Waals surface area contributed by atoms with Crippen molar-refractivity contribution in [2.75, 3.05) is 7.05 Å². The van der Waals surface area contributed by atoms with E-state index in [-0.39, 0.29) is 11.7 Å². The lowest BCUT2D eigenvalue weighted by molar-refractivity contribution is -0.131. The molecule has 0 spiro atoms. The quantitative estimate of drug-likeness (QED) is 0.870. The first-order valence-electron chi connectivity index (χ1n) is 6.85. The minimum Gasteiger partial charge on any atom is -0.508 e. The second-order valence-electron chi connectivity index (χ2n) is 5.42. The number of amides is 1. The van der Waals surface area contributed by atoms with E-state index in [0.29, 0.717) is 18.5 Å². The lowest BCUT2D eigenvalue weighted by atomic mass is 9.91. The molecule has 104 valence electrons. The summed E-state index contributed by atoms with van der Waals surface area (Å²) < 4.78 is 0. The highest BCUT2D eigenvalue weighted by molar-refractivity contribution is 5.78. The van der Waals surface area contributed by atoms with Gasteiger partial charge in [0.2, 0.25) is 5.91 Å². The largest absolute Gasteiger partial charge is 0.508 e. The van der Waals surface area contributed by atoms with Gasteiger partial charge in [-0.25, -0.2) is 0 Å². The predicted octanol–water partition coefficient (Wildman–Crippen LogP) is 1.66. The molecule has 0 atom stereocenters. The number of phenols is 1. The predicted molar refractivity (Wildman–Crippen MR) is 74.8 cm³/mol. The van der Waals surface area contributed by atoms with Crippen LogP contribution in [-0.2, 0) is 11.2 Å². The molecular formula is C15H22N2O2. The fourth-order valence-electron chi connectivity index (χ4n) is 2.61. The minimum atomic E-state index is 0.131. The van der Waals surface area contributed by atoms with Gasteiger partial charge in [-0.1, -0.05) is 12.1 Å². The summed E-state index contributed by atoms with van der Waals surface area (Å²) in [6, 6.07) is 7.43. The van der Waals surface area contributed by atoms with E-state index in [0.717, 1.165) is 31.2 Å². The van der Waals surface area contributed by atoms with E-state index in [1.165, 1.54) is 0 Å². The van der Waals surface area contributed by atoms with Crippen LogP contribution in [0.1, 0.15) is 31.2 Å². The van der Waals surface area contributed by atoms with Crippen LogP contribution in [0.15, 0.2) is 24.3 Å². The van der Waals surface area contributed by atoms with Crippen LogP contribution in [0.25, 0.3) is 0 Å². The number of nitrogens with zero attached hydrogens (tertiary/aromatic N) is 1. The molecule has 3 N–H and O–H groups in total. The van der Waals surface area contributed by atoms with Gasteiger partial charge < -0.3 is 15.7 Å². The first kappa shape index (κ1) is 13.9. The summed E-state index contributed by atoms with van der Waals surface area (Å²) in [6.07, 6.45) is 4.39. The van der Waals surface area contributed by atoms with Gasteiger partial charge in [-0.15, -0.1) is 0 Å². The average Bonchev–Trinajstić information content (AvgIpc) is 2.41. The number of benzene rings is 1. The molecule has 0 bridgehead atoms. The van der Waals surface area contributed by atoms with E-state index < -0.39 is 0 Å². The van der Waals surface area contributed by atoms with Gasteiger partial charge in [-0.05, 0) is 43.4 Å². The second kappa shape index (κ2) is 6.06. The summed E-state index contributed by atoms with van der Waals surface area (Å²) in [5.41, 5.74) is 6.82. The maximum Gasteiger partial charge on any atom is 0.226 e. The highest BCUT2D eigenvalue weighted by Crippen LogP contribution is 2.22. The molecule has 1 aliphatic carbocycles. The molecule has 4 nitrogen and oxygen atoms in total. The van der Waals surface area contributed by atoms with Crippen molar-refractivity contribution < 1.29 is 9.90 Å². The summed E-state index contributed by atoms with van der Waals surface area (Å²) in [5.74, 6) is 0.358. The van der Waals surface area contributed by atoms with Crippen molar-refractivity contribution in [2.45, 2.75) is 44.2 Å². The lowest BCUT2D eigenvalue weighted by Crippen LogP contribution is -2.42. The molecule has 0 heterocycles. The molecule has 1 aromatic rings. The number of hydrogen-bond acceptors (Lipinski definition) is 3. The van der Waals surface area contributed by atoms with Crippen molar-refractivity contribution in [1.82, 2.24) is 4.90 Å². The smallest absolute Gasteiger partial charge is 0.226 e. The second-order valence-corrected chi connectivity index (χ2v) is 5.42. The minimum absolute atomic E-state index is 0.131. The van der Waals surface area contributed by atoms with E-state index in [1.54, 1.807) is 24.3 Å². The highest BCUT2D eigenvalue weighted by Gasteiger charge is 2.24. The van der Waals surface area contributed by atoms with Crippen molar-refractivity contribution in [3.63, 3.8) is 0 Å². The molecule has 2 rings (SSSR count). The summed E-state index contributed by atoms with van der Waals surface area (Å²) in [5, 5.41) is 9.22. The van der Waals surface area contributed by atoms with Crippen LogP contribution in [0, 0.1) is 0 Å². The SMILES string of the molecule is CN(C(=O)Cc1ccc(O)cc1)C1CCC(N)CC1. The third-order valence-corrected chi connectivity index (χ3v) is 3.97. The normalized spacial score (nSPS) is 23.1. The molecule has 1 aliphatic rings. The molecule has 1 saturated carbocycles. The molecule has 0 unspecified atom stereocenters. The summed E-state index contributed by atoms with van der Waals surface area (Å²) in [4.78, 5) is 14.1. The number of likely N-dealkylation sites (N-methyl/N-ethyl adjacent to an activating group) is 1. The Bertz CT molecular complexity index is 422. The Morgan fingerprint density at radius 2 is 1.84 bits per heavy atom. The van der Waals surface area contributed by atoms with Crippen LogP contribution in [0.2, 0.25) is 0 Å². The molecule has 0 aliphatic heterocycles. The fourth-order valence-corrected chi connectivity index (χ4v) is 2.61. The maximum absolute atomic E-state index is 12.2. The zero-order valence-corrected chi connectivity index (χ0v) is 11.4. The van der Waals surface area contributed by atoms with Crippen LogP contribution in [0.5, 0.6) is 5.75 Å². The van der Waals surface area contributed by atoms with Crippen LogP contribution in [0.3, 0.4) is 0 Å². The van der Waals surface area contributed by atoms with E-state index in [2.05, 4.69) is 0 Å². The van der Waals surface area contributed by atoms with Gasteiger partial charge in [0, 0.05) is 19.1 Å². The Hall–Kier alpha value is -1.55. The topological polar surface area (TPSA) is 66.6 Å². The van der Waals surface area contributed by atoms with Crippen molar-refractivity contribution in [2.24, 2.45) is 5.73 Å². The Morgan fingerprint density at radius 3 is 2.42 bits per heavy atom. The molecular weight excluding hydrogens is 240 g/mol. The number of phenolic OH excluding ortho intramolecular Hbond substituents is 1. The summed E-state index contributed by atoms with van der Waals surface area (Å²) in [7, 11) is 1.88. The van der Waals surface area contributed by atoms with Gasteiger partial charge >= 0.3 is 0 Å². The van der Waals surface area contributed by atoms with Crippen molar-refractivity contribution in [1.29, 1.82) is 0 Å². The Morgan fingerprint density at radius 1 is 1.26 bits per heavy atom. The van der Waals surface area contributed by atoms with Gasteiger partial charge in [-0.2, -0.15) is 0 Å². The lowest BCUT2D eigenvalue weighted by Gasteiger charge is -2.33. The number of hydrogen-bond donors (Lipinski definition) is 2. The Labute approximate surface area is 114 Å². The molecule has 1 amide bonds. The summed E-state index contributed by atoms with van der Waals surface area (Å²) >= 11 is 0. The van der Waals surface area contributed by atoms with Crippen LogP contribution < -0.4 is 5.73 Å². The Balaban J connectivity index is 1.90. The monoisotopic (exact) mass is 262 g/mol. The van der Waals surface area contributed by atoms with Gasteiger partial charge in [0.1, 0.15) is 5.75 Å². The standard InChI is InChI=1S/C15H22N2O2/c1-17(13-6-4-12(16)5-7-13)15(19)10-11-2-8-14(18)9-3-11/h2-3,8-9,12-13,18H,4-7,10,16H2,1H3. The molecule has 1 fully saturated rings. The van der Waals surface area contributed by atoms with E-state index in [9.17, 15) is 9.90 Å². The molecule has 0 saturated heterocycles. The molecule has 0 radical (unpaired) electrons. The van der Waals surface area contributed by atoms with Crippen LogP contribution >= 0.6 is 0 Å². The number of rotatable bonds is 3. The van der Waals surface area contributed by atoms with E-state index >= 15 is 0 Å². The fraction of sp³-hybridized carbons (Fsp3) is 0.533. The molecule has 19 heavy (non-hydrogen) atoms. The first-order valence-corrected chi connectivity index (χ1v) is 6.85. The number of carbonyl (C=O) groups is 1. The van der Waals surface area contributed by atoms with Gasteiger partial charge in [0.05, 0.1) is 6.42 Å². The zero-order chi connectivity index (χ0) is 13.8. The van der Waals surface area contributed by atoms with Gasteiger partial charge in [-0.3, -0.25) is 4.79 Å². The third kappa shape index (κ3) is 3.70. The zero-order valence-electron chi connectivity index (χ0n) is 11.4. The average molecular weight is 262 g/mol. The van der Waals surface area contributed by atoms with Gasteiger partial charge in [0.25, 0.3) is 0 Å². The van der Waals surface area contributed by atoms with Crippen molar-refractivity contribution >= 4 is 5.91 Å². The third-order valence-electron chi connectivity index (χ3n) is 3.97. The highest BCUT2D eigenvalue weighted by atomic mass is 16.3. The van der Waals surface area contributed by atoms with Gasteiger partial charge in [0.15, 0.2) is 0 Å². The number of nitrogens with two attached hydrogens (primary N) is 1. The number of carbonyl (C=O) groups excluding carboxylic acids is 1. The maximum atomic E-state index is 12.2. The van der Waals surface area contributed by atoms with Crippen molar-refractivity contribution in [3.05, 3.63) is 29.8 Å². The first-order chi connectivity index (χ1) is 9.06. The van der Waals surface area contributed by atoms with Crippen LogP contribution in [-0.4, -0.2) is 35.0 Å².